The SMILES string of the molecule is CC(C)C[C@H](NC(=O)[C@H](CC(C)C)NC(=O)[C@H](CC(=O)O)NC(=O)[C@H](CCCCN)NC(=O)[C@H](Cc1ccccc1)NC(=O)CN)C(=O)N[C@@H](CCCCN)C(=O)NCC(=O)N[C@@H](C)C(=O)N[C@@H](C)C(=O)N[C@@H](CCCCN)C(=O)N[C@@]1(C)CCCC=CCCC[C@@](C)(C(=O)N[C@H](C(=O)N[C@@H](CC(C)C)C(=O)N[C@@H](Cc2ccccc2)C(N)=O)C(C)C)NC(=O)[C@H](CCCCN)NC(=O)[C@H](C(C)C)NC(=O)[C@H](CC(C)C)NC1=O. The molecule has 0 saturated carbocycles. The Labute approximate surface area is 876 Å². The molecule has 836 valence electrons. The fraction of sp³-hybridized carbons (Fsp3) is 0.673. The topological polar surface area (TPSA) is 734 Å². The number of unbranched alkanes of at least 4 members (excludes halogenated alkanes) is 4. The quantitative estimate of drug-likeness (QED) is 0.0293. The Kier molecular flexibility index (Phi) is 59.7. The van der Waals surface area contributed by atoms with Gasteiger partial charge in [0.2, 0.25) is 112 Å². The number of carbonyl (C=O) groups is 20. The molecule has 2 aromatic rings. The number of carboxylic acid groups (broad SMARTS) is 1. The highest BCUT2D eigenvalue weighted by Gasteiger charge is 2.45. The largest absolute Gasteiger partial charge is 0.481 e. The highest BCUT2D eigenvalue weighted by molar-refractivity contribution is 6.03. The molecule has 17 atom stereocenters. The van der Waals surface area contributed by atoms with Gasteiger partial charge in [-0.05, 0) is 242 Å². The Morgan fingerprint density at radius 2 is 0.819 bits per heavy atom. The number of hydrogen-bond donors (Lipinski definition) is 25. The number of rotatable bonds is 61. The molecule has 0 radical (unpaired) electrons. The molecule has 1 aliphatic heterocycles. The van der Waals surface area contributed by atoms with Crippen molar-refractivity contribution in [3.63, 3.8) is 0 Å². The average molecular weight is 2100 g/mol. The number of amides is 19. The van der Waals surface area contributed by atoms with Crippen LogP contribution in [0, 0.1) is 35.5 Å². The van der Waals surface area contributed by atoms with Gasteiger partial charge >= 0.3 is 5.97 Å². The zero-order valence-corrected chi connectivity index (χ0v) is 90.0. The van der Waals surface area contributed by atoms with E-state index in [0.29, 0.717) is 50.5 Å². The lowest BCUT2D eigenvalue weighted by Crippen LogP contribution is -2.65. The van der Waals surface area contributed by atoms with Crippen LogP contribution >= 0.6 is 0 Å². The monoisotopic (exact) mass is 2100 g/mol. The predicted octanol–water partition coefficient (Wildman–Crippen LogP) is -0.509. The van der Waals surface area contributed by atoms with Gasteiger partial charge in [0.15, 0.2) is 0 Å². The van der Waals surface area contributed by atoms with Crippen molar-refractivity contribution >= 4 is 118 Å². The number of hydrogen-bond acceptors (Lipinski definition) is 25. The molecule has 45 heteroatoms. The minimum atomic E-state index is -1.85. The first kappa shape index (κ1) is 131. The van der Waals surface area contributed by atoms with Gasteiger partial charge in [-0.2, -0.15) is 0 Å². The van der Waals surface area contributed by atoms with Crippen molar-refractivity contribution in [2.45, 2.75) is 373 Å². The van der Waals surface area contributed by atoms with Gasteiger partial charge in [0.05, 0.1) is 19.5 Å². The average Bonchev–Trinajstić information content (AvgIpc) is 1.04. The molecular formula is C104H174N24O21. The summed E-state index contributed by atoms with van der Waals surface area (Å²) in [5, 5.41) is 58.3. The van der Waals surface area contributed by atoms with E-state index < -0.39 is 251 Å². The van der Waals surface area contributed by atoms with Crippen molar-refractivity contribution in [2.75, 3.05) is 39.3 Å². The van der Waals surface area contributed by atoms with Gasteiger partial charge in [-0.1, -0.05) is 156 Å². The van der Waals surface area contributed by atoms with Crippen LogP contribution in [0.2, 0.25) is 0 Å². The minimum Gasteiger partial charge on any atom is -0.481 e. The van der Waals surface area contributed by atoms with Crippen LogP contribution in [0.25, 0.3) is 0 Å². The van der Waals surface area contributed by atoms with E-state index in [1.54, 1.807) is 130 Å². The summed E-state index contributed by atoms with van der Waals surface area (Å²) in [4.78, 5) is 284. The van der Waals surface area contributed by atoms with Gasteiger partial charge in [0.1, 0.15) is 102 Å². The zero-order valence-electron chi connectivity index (χ0n) is 90.0. The fourth-order valence-electron chi connectivity index (χ4n) is 16.6. The van der Waals surface area contributed by atoms with E-state index >= 15 is 14.4 Å². The Morgan fingerprint density at radius 3 is 1.28 bits per heavy atom. The van der Waals surface area contributed by atoms with E-state index in [0.717, 1.165) is 5.56 Å². The van der Waals surface area contributed by atoms with Gasteiger partial charge in [-0.15, -0.1) is 0 Å². The molecule has 19 amide bonds. The van der Waals surface area contributed by atoms with Gasteiger partial charge in [-0.3, -0.25) is 95.9 Å². The summed E-state index contributed by atoms with van der Waals surface area (Å²) in [7, 11) is 0. The standard InChI is InChI=1S/C104H174N24O21/c1-60(2)51-75(120-93(140)76(52-61(3)4)121-95(142)80(57-83(131)132)122-90(137)71(42-28-34-48-106)117-94(141)79(114-81(129)58-109)56-69-39-25-22-26-40-69)91(138)116-70(41-27-33-47-105)89(136)111-59-82(130)112-66(13)87(134)113-67(14)88(135)115-72(43-29-35-49-107)97(144)127-103(15)45-31-19-17-18-20-32-46-104(16,128-98(145)73(44-30-36-50-108)118-99(146)84(64(9)10)125-96(143)78(54-63(7)8)124-101(103)148)102(149)126-85(65(11)12)100(147)123-77(53-62(5)6)92(139)119-74(86(110)133)55-68-37-23-21-24-38-68/h17-18,21-26,37-40,60-67,70-80,84-85H,19-20,27-36,41-59,105-109H2,1-16H3,(H2,110,133)(H,111,136)(H,112,130)(H,113,134)(H,114,129)(H,115,135)(H,116,138)(H,117,141)(H,118,146)(H,119,139)(H,120,140)(H,121,142)(H,122,137)(H,123,147)(H,124,148)(H,125,143)(H,126,149)(H,127,144)(H,128,145)(H,131,132)/t66-,67-,70-,71-,72-,73-,74-,75-,76-,77-,78-,79-,80-,84-,85-,103-,104-/m0/s1. The van der Waals surface area contributed by atoms with E-state index in [4.69, 9.17) is 34.4 Å². The van der Waals surface area contributed by atoms with Crippen LogP contribution in [0.4, 0.5) is 0 Å². The van der Waals surface area contributed by atoms with Crippen molar-refractivity contribution in [3.8, 4) is 0 Å². The summed E-state index contributed by atoms with van der Waals surface area (Å²) in [6.45, 7) is 26.1. The lowest BCUT2D eigenvalue weighted by Gasteiger charge is -2.35. The van der Waals surface area contributed by atoms with Crippen LogP contribution in [-0.4, -0.2) is 264 Å². The van der Waals surface area contributed by atoms with Crippen LogP contribution < -0.4 is 130 Å². The molecule has 0 unspecified atom stereocenters. The predicted molar refractivity (Wildman–Crippen MR) is 563 cm³/mol. The summed E-state index contributed by atoms with van der Waals surface area (Å²) >= 11 is 0. The third-order valence-corrected chi connectivity index (χ3v) is 25.2. The smallest absolute Gasteiger partial charge is 0.305 e. The van der Waals surface area contributed by atoms with Crippen molar-refractivity contribution in [1.82, 2.24) is 95.7 Å². The third kappa shape index (κ3) is 49.1. The maximum absolute atomic E-state index is 15.2. The normalized spacial score (nSPS) is 19.0. The van der Waals surface area contributed by atoms with Gasteiger partial charge in [-0.25, -0.2) is 0 Å². The maximum atomic E-state index is 15.2. The van der Waals surface area contributed by atoms with E-state index in [2.05, 4.69) is 95.7 Å². The Bertz CT molecular complexity index is 4700. The highest BCUT2D eigenvalue weighted by Crippen LogP contribution is 2.24. The molecule has 31 N–H and O–H groups in total. The fourth-order valence-corrected chi connectivity index (χ4v) is 16.6. The third-order valence-electron chi connectivity index (χ3n) is 25.2. The zero-order chi connectivity index (χ0) is 112. The number of benzene rings is 2. The minimum absolute atomic E-state index is 0.00567. The molecule has 3 rings (SSSR count). The summed E-state index contributed by atoms with van der Waals surface area (Å²) in [6, 6.07) is -2.93. The van der Waals surface area contributed by atoms with Crippen LogP contribution in [0.1, 0.15) is 270 Å². The number of allylic oxidation sites excluding steroid dienone is 2. The van der Waals surface area contributed by atoms with Crippen LogP contribution in [0.15, 0.2) is 72.8 Å². The summed E-state index contributed by atoms with van der Waals surface area (Å²) in [5.74, 6) is -19.7. The second kappa shape index (κ2) is 68.2. The van der Waals surface area contributed by atoms with Crippen LogP contribution in [0.5, 0.6) is 0 Å². The lowest BCUT2D eigenvalue weighted by molar-refractivity contribution is -0.141. The number of carbonyl (C=O) groups excluding carboxylic acids is 19. The van der Waals surface area contributed by atoms with Crippen molar-refractivity contribution < 1.29 is 101 Å². The summed E-state index contributed by atoms with van der Waals surface area (Å²) in [6.07, 6.45) is 6.43. The van der Waals surface area contributed by atoms with Crippen molar-refractivity contribution in [1.29, 1.82) is 0 Å². The molecule has 0 fully saturated rings. The first-order chi connectivity index (χ1) is 70.2. The Morgan fingerprint density at radius 1 is 0.403 bits per heavy atom. The van der Waals surface area contributed by atoms with Crippen LogP contribution in [0.3, 0.4) is 0 Å². The number of nitrogens with one attached hydrogen (secondary N) is 18. The van der Waals surface area contributed by atoms with E-state index in [-0.39, 0.29) is 159 Å². The maximum Gasteiger partial charge on any atom is 0.305 e. The number of primary amides is 1. The van der Waals surface area contributed by atoms with Crippen LogP contribution in [-0.2, 0) is 109 Å². The molecule has 0 saturated heterocycles. The van der Waals surface area contributed by atoms with E-state index in [1.165, 1.54) is 27.7 Å². The highest BCUT2D eigenvalue weighted by atomic mass is 16.4. The second-order valence-electron chi connectivity index (χ2n) is 41.5. The number of nitrogens with two attached hydrogens (primary N) is 6. The molecule has 1 heterocycles. The van der Waals surface area contributed by atoms with Crippen molar-refractivity contribution in [2.24, 2.45) is 69.9 Å². The molecule has 0 bridgehead atoms. The molecule has 2 aromatic carbocycles. The Balaban J connectivity index is 1.92. The first-order valence-electron chi connectivity index (χ1n) is 52.5. The Hall–Kier alpha value is -12.6. The van der Waals surface area contributed by atoms with Gasteiger partial charge in [0.25, 0.3) is 0 Å². The van der Waals surface area contributed by atoms with Gasteiger partial charge in [0, 0.05) is 12.8 Å². The molecule has 0 aromatic heterocycles. The molecular weight excluding hydrogens is 1920 g/mol. The molecule has 45 nitrogen and oxygen atoms in total. The van der Waals surface area contributed by atoms with Crippen molar-refractivity contribution in [3.05, 3.63) is 83.9 Å². The van der Waals surface area contributed by atoms with E-state index in [1.807, 2.05) is 26.0 Å². The second-order valence-corrected chi connectivity index (χ2v) is 41.5. The van der Waals surface area contributed by atoms with E-state index in [9.17, 15) is 86.6 Å². The number of carboxylic acids is 1. The summed E-state index contributed by atoms with van der Waals surface area (Å²) < 4.78 is 0. The molecule has 0 spiro atoms. The van der Waals surface area contributed by atoms with Gasteiger partial charge < -0.3 is 135 Å². The molecule has 149 heavy (non-hydrogen) atoms. The first-order valence-corrected chi connectivity index (χ1v) is 52.5. The molecule has 0 aliphatic carbocycles. The summed E-state index contributed by atoms with van der Waals surface area (Å²) in [5.41, 5.74) is 32.5. The molecule has 1 aliphatic rings. The lowest BCUT2D eigenvalue weighted by atomic mass is 9.90. The number of aliphatic carboxylic acids is 1.